The summed E-state index contributed by atoms with van der Waals surface area (Å²) < 4.78 is 73.9. The summed E-state index contributed by atoms with van der Waals surface area (Å²) in [5.74, 6) is -0.955. The van der Waals surface area contributed by atoms with E-state index in [1.54, 1.807) is 18.2 Å². The van der Waals surface area contributed by atoms with Crippen LogP contribution in [0, 0.1) is 17.1 Å². The van der Waals surface area contributed by atoms with Gasteiger partial charge in [-0.25, -0.2) is 25.5 Å². The normalized spacial score (nSPS) is 18.1. The van der Waals surface area contributed by atoms with E-state index in [4.69, 9.17) is 10.00 Å². The van der Waals surface area contributed by atoms with Crippen molar-refractivity contribution in [2.75, 3.05) is 18.1 Å². The summed E-state index contributed by atoms with van der Waals surface area (Å²) in [6.07, 6.45) is 6.41. The Morgan fingerprint density at radius 3 is 2.50 bits per heavy atom. The zero-order valence-corrected chi connectivity index (χ0v) is 23.4. The highest BCUT2D eigenvalue weighted by atomic mass is 32.2. The lowest BCUT2D eigenvalue weighted by molar-refractivity contribution is 0.209. The fraction of sp³-hybridized carbons (Fsp3) is 0.250. The Labute approximate surface area is 233 Å². The first kappa shape index (κ1) is 29.2. The maximum absolute atomic E-state index is 14.7. The van der Waals surface area contributed by atoms with Gasteiger partial charge in [-0.3, -0.25) is 3.97 Å². The quantitative estimate of drug-likeness (QED) is 0.359. The van der Waals surface area contributed by atoms with E-state index in [2.05, 4.69) is 0 Å². The molecule has 40 heavy (non-hydrogen) atoms. The van der Waals surface area contributed by atoms with E-state index in [0.29, 0.717) is 16.3 Å². The smallest absolute Gasteiger partial charge is 0.267 e. The molecule has 1 aliphatic carbocycles. The van der Waals surface area contributed by atoms with E-state index >= 15 is 0 Å². The summed E-state index contributed by atoms with van der Waals surface area (Å²) in [5.41, 5.74) is 1.18. The first-order valence-electron chi connectivity index (χ1n) is 12.2. The van der Waals surface area contributed by atoms with Crippen molar-refractivity contribution in [3.05, 3.63) is 108 Å². The zero-order chi connectivity index (χ0) is 29.1. The molecule has 2 aromatic carbocycles. The van der Waals surface area contributed by atoms with Gasteiger partial charge in [-0.2, -0.15) is 5.26 Å². The van der Waals surface area contributed by atoms with Crippen LogP contribution < -0.4 is 4.31 Å². The molecule has 2 atom stereocenters. The number of nitriles is 1. The Morgan fingerprint density at radius 2 is 1.90 bits per heavy atom. The molecule has 0 saturated carbocycles. The van der Waals surface area contributed by atoms with Gasteiger partial charge >= 0.3 is 0 Å². The van der Waals surface area contributed by atoms with Crippen molar-refractivity contribution in [1.82, 2.24) is 3.97 Å². The molecule has 3 aromatic rings. The summed E-state index contributed by atoms with van der Waals surface area (Å²) in [7, 11) is -7.38. The molecule has 0 radical (unpaired) electrons. The number of halogens is 1. The maximum atomic E-state index is 14.7. The Hall–Kier alpha value is -3.76. The minimum atomic E-state index is -4.46. The Balaban J connectivity index is 1.58. The molecule has 12 heteroatoms. The molecule has 9 nitrogen and oxygen atoms in total. The van der Waals surface area contributed by atoms with Crippen LogP contribution >= 0.6 is 0 Å². The molecule has 1 heterocycles. The van der Waals surface area contributed by atoms with Gasteiger partial charge in [0.1, 0.15) is 22.2 Å². The van der Waals surface area contributed by atoms with Crippen molar-refractivity contribution in [3.63, 3.8) is 0 Å². The summed E-state index contributed by atoms with van der Waals surface area (Å²) in [6.45, 7) is 0.954. The van der Waals surface area contributed by atoms with Gasteiger partial charge in [0.05, 0.1) is 23.4 Å². The van der Waals surface area contributed by atoms with Gasteiger partial charge in [0, 0.05) is 25.9 Å². The van der Waals surface area contributed by atoms with Crippen LogP contribution in [-0.2, 0) is 31.2 Å². The number of anilines is 1. The zero-order valence-electron chi connectivity index (χ0n) is 21.8. The summed E-state index contributed by atoms with van der Waals surface area (Å²) in [6, 6.07) is 15.6. The first-order chi connectivity index (χ1) is 18.9. The Morgan fingerprint density at radius 1 is 1.18 bits per heavy atom. The molecule has 1 N–H and O–H groups in total. The number of hydrogen-bond donors (Lipinski definition) is 1. The molecule has 210 valence electrons. The third kappa shape index (κ3) is 5.59. The average Bonchev–Trinajstić information content (AvgIpc) is 3.45. The molecular formula is C28H28FN3O6S2. The van der Waals surface area contributed by atoms with Crippen LogP contribution in [0.15, 0.2) is 95.7 Å². The maximum Gasteiger partial charge on any atom is 0.267 e. The number of aliphatic hydroxyl groups is 1. The van der Waals surface area contributed by atoms with Crippen LogP contribution in [0.4, 0.5) is 10.1 Å². The van der Waals surface area contributed by atoms with Gasteiger partial charge < -0.3 is 9.84 Å². The third-order valence-corrected chi connectivity index (χ3v) is 10.7. The van der Waals surface area contributed by atoms with Crippen LogP contribution in [0.25, 0.3) is 0 Å². The van der Waals surface area contributed by atoms with Crippen molar-refractivity contribution in [2.45, 2.75) is 35.5 Å². The van der Waals surface area contributed by atoms with Crippen LogP contribution in [0.3, 0.4) is 0 Å². The highest BCUT2D eigenvalue weighted by Crippen LogP contribution is 2.33. The SMILES string of the molecule is COCN(c1ccc(C#N)cc1F)S(=O)(=O)c1ccn(S(=O)(=O)C2(C)C=CC(C(O)Cc3ccccc3)=CC2)c1. The summed E-state index contributed by atoms with van der Waals surface area (Å²) >= 11 is 0. The number of methoxy groups -OCH3 is 1. The number of rotatable bonds is 10. The van der Waals surface area contributed by atoms with E-state index in [0.717, 1.165) is 40.1 Å². The van der Waals surface area contributed by atoms with Crippen molar-refractivity contribution >= 4 is 25.7 Å². The minimum absolute atomic E-state index is 0.00633. The predicted octanol–water partition coefficient (Wildman–Crippen LogP) is 3.72. The third-order valence-electron chi connectivity index (χ3n) is 6.71. The largest absolute Gasteiger partial charge is 0.388 e. The summed E-state index contributed by atoms with van der Waals surface area (Å²) in [4.78, 5) is -0.394. The molecule has 0 fully saturated rings. The van der Waals surface area contributed by atoms with E-state index in [1.807, 2.05) is 30.3 Å². The average molecular weight is 586 g/mol. The predicted molar refractivity (Wildman–Crippen MR) is 148 cm³/mol. The second-order valence-corrected chi connectivity index (χ2v) is 13.7. The fourth-order valence-electron chi connectivity index (χ4n) is 4.32. The number of benzene rings is 2. The number of allylic oxidation sites excluding steroid dienone is 1. The lowest BCUT2D eigenvalue weighted by atomic mass is 9.92. The molecule has 0 saturated heterocycles. The highest BCUT2D eigenvalue weighted by Gasteiger charge is 2.40. The van der Waals surface area contributed by atoms with Crippen molar-refractivity contribution in [1.29, 1.82) is 5.26 Å². The van der Waals surface area contributed by atoms with Crippen LogP contribution in [0.5, 0.6) is 0 Å². The molecule has 0 spiro atoms. The van der Waals surface area contributed by atoms with Gasteiger partial charge in [-0.15, -0.1) is 0 Å². The molecule has 0 amide bonds. The second-order valence-electron chi connectivity index (χ2n) is 9.49. The van der Waals surface area contributed by atoms with Crippen LogP contribution in [0.2, 0.25) is 0 Å². The van der Waals surface area contributed by atoms with Gasteiger partial charge in [0.2, 0.25) is 10.0 Å². The number of nitrogens with zero attached hydrogens (tertiary/aromatic N) is 3. The molecule has 1 aliphatic rings. The Bertz CT molecular complexity index is 1710. The number of sulfonamides is 1. The number of aliphatic hydroxyl groups excluding tert-OH is 1. The van der Waals surface area contributed by atoms with E-state index < -0.39 is 48.3 Å². The molecular weight excluding hydrogens is 557 g/mol. The fourth-order valence-corrected chi connectivity index (χ4v) is 7.26. The van der Waals surface area contributed by atoms with Crippen molar-refractivity contribution in [2.24, 2.45) is 0 Å². The second kappa shape index (κ2) is 11.4. The topological polar surface area (TPSA) is 130 Å². The van der Waals surface area contributed by atoms with E-state index in [1.165, 1.54) is 26.2 Å². The summed E-state index contributed by atoms with van der Waals surface area (Å²) in [5, 5.41) is 19.6. The monoisotopic (exact) mass is 585 g/mol. The van der Waals surface area contributed by atoms with Gasteiger partial charge in [0.25, 0.3) is 10.0 Å². The lowest BCUT2D eigenvalue weighted by Gasteiger charge is -2.29. The van der Waals surface area contributed by atoms with E-state index in [9.17, 15) is 26.3 Å². The van der Waals surface area contributed by atoms with Gasteiger partial charge in [0.15, 0.2) is 0 Å². The molecule has 2 unspecified atom stereocenters. The molecule has 0 aliphatic heterocycles. The van der Waals surface area contributed by atoms with Gasteiger partial charge in [-0.05, 0) is 48.7 Å². The van der Waals surface area contributed by atoms with Crippen LogP contribution in [0.1, 0.15) is 24.5 Å². The minimum Gasteiger partial charge on any atom is -0.388 e. The van der Waals surface area contributed by atoms with Crippen molar-refractivity contribution in [3.8, 4) is 6.07 Å². The standard InChI is InChI=1S/C28H28FN3O6S2/c1-28(13-10-23(11-14-28)27(33)17-21-6-4-3-5-7-21)40(36,37)31-15-12-24(19-31)39(34,35)32(20-38-2)26-9-8-22(18-30)16-25(26)29/h3-13,15-16,19,27,33H,14,17,20H2,1-2H3. The lowest BCUT2D eigenvalue weighted by Crippen LogP contribution is -2.38. The van der Waals surface area contributed by atoms with Gasteiger partial charge in [-0.1, -0.05) is 48.6 Å². The number of hydrogen-bond acceptors (Lipinski definition) is 7. The Kier molecular flexibility index (Phi) is 8.32. The first-order valence-corrected chi connectivity index (χ1v) is 15.1. The molecule has 1 aromatic heterocycles. The highest BCUT2D eigenvalue weighted by molar-refractivity contribution is 7.93. The number of aromatic nitrogens is 1. The van der Waals surface area contributed by atoms with Crippen LogP contribution in [-0.4, -0.2) is 50.6 Å². The number of ether oxygens (including phenoxy) is 1. The van der Waals surface area contributed by atoms with Crippen molar-refractivity contribution < 1.29 is 31.1 Å². The van der Waals surface area contributed by atoms with E-state index in [-0.39, 0.29) is 17.7 Å². The molecule has 0 bridgehead atoms. The molecule has 4 rings (SSSR count).